The third-order valence-electron chi connectivity index (χ3n) is 3.26. The van der Waals surface area contributed by atoms with E-state index in [1.165, 1.54) is 0 Å². The second-order valence-corrected chi connectivity index (χ2v) is 5.54. The molecule has 0 aliphatic carbocycles. The minimum Gasteiger partial charge on any atom is -0.493 e. The topological polar surface area (TPSA) is 59.0 Å². The zero-order valence-corrected chi connectivity index (χ0v) is 12.8. The lowest BCUT2D eigenvalue weighted by molar-refractivity contribution is -0.147. The van der Waals surface area contributed by atoms with Gasteiger partial charge in [-0.3, -0.25) is 4.79 Å². The third-order valence-corrected chi connectivity index (χ3v) is 3.50. The van der Waals surface area contributed by atoms with Crippen molar-refractivity contribution in [1.29, 1.82) is 0 Å². The Bertz CT molecular complexity index is 482. The fourth-order valence-corrected chi connectivity index (χ4v) is 2.50. The van der Waals surface area contributed by atoms with Crippen molar-refractivity contribution in [2.45, 2.75) is 25.6 Å². The molecule has 1 aromatic rings. The Kier molecular flexibility index (Phi) is 5.85. The molecule has 1 fully saturated rings. The van der Waals surface area contributed by atoms with Crippen molar-refractivity contribution < 1.29 is 19.4 Å². The number of ether oxygens (including phenoxy) is 2. The Balaban J connectivity index is 1.79. The van der Waals surface area contributed by atoms with Crippen LogP contribution in [0.2, 0.25) is 5.02 Å². The summed E-state index contributed by atoms with van der Waals surface area (Å²) >= 11 is 5.86. The molecule has 0 spiro atoms. The van der Waals surface area contributed by atoms with Crippen LogP contribution in [0.4, 0.5) is 0 Å². The number of amides is 1. The standard InChI is InChI=1S/C15H20ClNO4/c1-11-8-17(9-14(10-18)21-11)15(19)5-6-20-13-4-2-3-12(16)7-13/h2-4,7,11,14,18H,5-6,8-10H2,1H3. The zero-order valence-electron chi connectivity index (χ0n) is 12.0. The normalized spacial score (nSPS) is 22.1. The van der Waals surface area contributed by atoms with Crippen molar-refractivity contribution in [3.8, 4) is 5.75 Å². The summed E-state index contributed by atoms with van der Waals surface area (Å²) in [5.41, 5.74) is 0. The Morgan fingerprint density at radius 3 is 3.05 bits per heavy atom. The van der Waals surface area contributed by atoms with E-state index < -0.39 is 0 Å². The van der Waals surface area contributed by atoms with E-state index in [4.69, 9.17) is 26.2 Å². The van der Waals surface area contributed by atoms with E-state index in [-0.39, 0.29) is 31.1 Å². The summed E-state index contributed by atoms with van der Waals surface area (Å²) in [5.74, 6) is 0.657. The molecular formula is C15H20ClNO4. The molecule has 0 radical (unpaired) electrons. The molecule has 2 atom stereocenters. The van der Waals surface area contributed by atoms with E-state index in [0.29, 0.717) is 30.5 Å². The number of carbonyl (C=O) groups excluding carboxylic acids is 1. The number of aliphatic hydroxyl groups excluding tert-OH is 1. The van der Waals surface area contributed by atoms with E-state index >= 15 is 0 Å². The van der Waals surface area contributed by atoms with E-state index in [2.05, 4.69) is 0 Å². The largest absolute Gasteiger partial charge is 0.493 e. The van der Waals surface area contributed by atoms with Crippen LogP contribution in [0.15, 0.2) is 24.3 Å². The highest BCUT2D eigenvalue weighted by Gasteiger charge is 2.27. The van der Waals surface area contributed by atoms with Crippen molar-refractivity contribution in [1.82, 2.24) is 4.90 Å². The van der Waals surface area contributed by atoms with E-state index in [0.717, 1.165) is 0 Å². The first kappa shape index (κ1) is 16.1. The van der Waals surface area contributed by atoms with Crippen molar-refractivity contribution in [3.63, 3.8) is 0 Å². The lowest BCUT2D eigenvalue weighted by Crippen LogP contribution is -2.50. The van der Waals surface area contributed by atoms with Gasteiger partial charge in [0.2, 0.25) is 5.91 Å². The van der Waals surface area contributed by atoms with Crippen LogP contribution in [0, 0.1) is 0 Å². The van der Waals surface area contributed by atoms with Crippen LogP contribution in [-0.4, -0.2) is 54.4 Å². The summed E-state index contributed by atoms with van der Waals surface area (Å²) in [7, 11) is 0. The lowest BCUT2D eigenvalue weighted by Gasteiger charge is -2.36. The van der Waals surface area contributed by atoms with Crippen LogP contribution < -0.4 is 4.74 Å². The molecule has 1 aliphatic rings. The van der Waals surface area contributed by atoms with Gasteiger partial charge in [0.15, 0.2) is 0 Å². The minimum absolute atomic E-state index is 0.00521. The Labute approximate surface area is 129 Å². The fourth-order valence-electron chi connectivity index (χ4n) is 2.32. The maximum Gasteiger partial charge on any atom is 0.226 e. The molecule has 5 nitrogen and oxygen atoms in total. The second kappa shape index (κ2) is 7.64. The summed E-state index contributed by atoms with van der Waals surface area (Å²) in [6.45, 7) is 3.09. The molecule has 1 heterocycles. The molecule has 2 unspecified atom stereocenters. The molecule has 1 amide bonds. The molecule has 2 rings (SSSR count). The molecule has 6 heteroatoms. The number of nitrogens with zero attached hydrogens (tertiary/aromatic N) is 1. The number of morpholine rings is 1. The molecule has 1 saturated heterocycles. The first-order valence-electron chi connectivity index (χ1n) is 7.01. The molecule has 21 heavy (non-hydrogen) atoms. The average Bonchev–Trinajstić information content (AvgIpc) is 2.46. The minimum atomic E-state index is -0.299. The van der Waals surface area contributed by atoms with Crippen LogP contribution in [0.3, 0.4) is 0 Å². The first-order chi connectivity index (χ1) is 10.1. The van der Waals surface area contributed by atoms with Gasteiger partial charge >= 0.3 is 0 Å². The molecule has 1 aliphatic heterocycles. The van der Waals surface area contributed by atoms with E-state index in [1.807, 2.05) is 6.92 Å². The Morgan fingerprint density at radius 1 is 1.52 bits per heavy atom. The first-order valence-corrected chi connectivity index (χ1v) is 7.38. The van der Waals surface area contributed by atoms with Gasteiger partial charge in [-0.05, 0) is 25.1 Å². The van der Waals surface area contributed by atoms with Crippen molar-refractivity contribution in [3.05, 3.63) is 29.3 Å². The number of aliphatic hydroxyl groups is 1. The van der Waals surface area contributed by atoms with Crippen LogP contribution >= 0.6 is 11.6 Å². The van der Waals surface area contributed by atoms with E-state index in [9.17, 15) is 4.79 Å². The summed E-state index contributed by atoms with van der Waals surface area (Å²) in [4.78, 5) is 13.9. The van der Waals surface area contributed by atoms with Crippen molar-refractivity contribution in [2.75, 3.05) is 26.3 Å². The highest BCUT2D eigenvalue weighted by molar-refractivity contribution is 6.30. The Hall–Kier alpha value is -1.30. The van der Waals surface area contributed by atoms with Crippen molar-refractivity contribution >= 4 is 17.5 Å². The molecule has 0 bridgehead atoms. The fraction of sp³-hybridized carbons (Fsp3) is 0.533. The molecular weight excluding hydrogens is 294 g/mol. The summed E-state index contributed by atoms with van der Waals surface area (Å²) < 4.78 is 11.0. The predicted molar refractivity (Wildman–Crippen MR) is 79.6 cm³/mol. The molecule has 0 saturated carbocycles. The quantitative estimate of drug-likeness (QED) is 0.899. The van der Waals surface area contributed by atoms with Gasteiger partial charge in [0.05, 0.1) is 31.8 Å². The second-order valence-electron chi connectivity index (χ2n) is 5.11. The smallest absolute Gasteiger partial charge is 0.226 e. The molecule has 1 N–H and O–H groups in total. The average molecular weight is 314 g/mol. The molecule has 1 aromatic carbocycles. The van der Waals surface area contributed by atoms with Gasteiger partial charge in [0.25, 0.3) is 0 Å². The van der Waals surface area contributed by atoms with Gasteiger partial charge in [-0.2, -0.15) is 0 Å². The Morgan fingerprint density at radius 2 is 2.33 bits per heavy atom. The maximum absolute atomic E-state index is 12.1. The summed E-state index contributed by atoms with van der Waals surface area (Å²) in [6.07, 6.45) is -0.0718. The molecule has 116 valence electrons. The molecule has 0 aromatic heterocycles. The monoisotopic (exact) mass is 313 g/mol. The summed E-state index contributed by atoms with van der Waals surface area (Å²) in [5, 5.41) is 9.76. The van der Waals surface area contributed by atoms with Gasteiger partial charge in [-0.15, -0.1) is 0 Å². The van der Waals surface area contributed by atoms with Gasteiger partial charge in [0, 0.05) is 18.1 Å². The number of benzene rings is 1. The summed E-state index contributed by atoms with van der Waals surface area (Å²) in [6, 6.07) is 7.08. The predicted octanol–water partition coefficient (Wildman–Crippen LogP) is 1.72. The van der Waals surface area contributed by atoms with Crippen molar-refractivity contribution in [2.24, 2.45) is 0 Å². The number of halogens is 1. The van der Waals surface area contributed by atoms with Gasteiger partial charge in [-0.1, -0.05) is 17.7 Å². The van der Waals surface area contributed by atoms with Gasteiger partial charge in [0.1, 0.15) is 5.75 Å². The zero-order chi connectivity index (χ0) is 15.2. The van der Waals surface area contributed by atoms with Crippen LogP contribution in [0.25, 0.3) is 0 Å². The highest BCUT2D eigenvalue weighted by Crippen LogP contribution is 2.17. The van der Waals surface area contributed by atoms with Gasteiger partial charge < -0.3 is 19.5 Å². The number of hydrogen-bond donors (Lipinski definition) is 1. The number of carbonyl (C=O) groups is 1. The highest BCUT2D eigenvalue weighted by atomic mass is 35.5. The maximum atomic E-state index is 12.1. The lowest BCUT2D eigenvalue weighted by atomic mass is 10.2. The van der Waals surface area contributed by atoms with Crippen LogP contribution in [-0.2, 0) is 9.53 Å². The van der Waals surface area contributed by atoms with E-state index in [1.54, 1.807) is 29.2 Å². The number of hydrogen-bond acceptors (Lipinski definition) is 4. The SMILES string of the molecule is CC1CN(C(=O)CCOc2cccc(Cl)c2)CC(CO)O1. The van der Waals surface area contributed by atoms with Crippen LogP contribution in [0.5, 0.6) is 5.75 Å². The number of rotatable bonds is 5. The van der Waals surface area contributed by atoms with Gasteiger partial charge in [-0.25, -0.2) is 0 Å². The van der Waals surface area contributed by atoms with Crippen LogP contribution in [0.1, 0.15) is 13.3 Å². The third kappa shape index (κ3) is 4.88.